The quantitative estimate of drug-likeness (QED) is 0.606. The van der Waals surface area contributed by atoms with Crippen molar-refractivity contribution in [3.63, 3.8) is 0 Å². The third-order valence-corrected chi connectivity index (χ3v) is 6.78. The van der Waals surface area contributed by atoms with Gasteiger partial charge in [-0.1, -0.05) is 17.7 Å². The van der Waals surface area contributed by atoms with Gasteiger partial charge in [0.1, 0.15) is 22.8 Å². The van der Waals surface area contributed by atoms with Crippen molar-refractivity contribution in [3.05, 3.63) is 65.0 Å². The second-order valence-corrected chi connectivity index (χ2v) is 9.72. The number of pyridine rings is 2. The van der Waals surface area contributed by atoms with Gasteiger partial charge in [0.05, 0.1) is 24.5 Å². The molecule has 3 aromatic rings. The maximum Gasteiger partial charge on any atom is 0.244 e. The molecule has 4 rings (SSSR count). The van der Waals surface area contributed by atoms with Gasteiger partial charge in [-0.05, 0) is 50.1 Å². The smallest absolute Gasteiger partial charge is 0.244 e. The number of sulfonamides is 1. The Hall–Kier alpha value is -3.48. The summed E-state index contributed by atoms with van der Waals surface area (Å²) < 4.78 is 39.2. The van der Waals surface area contributed by atoms with Crippen LogP contribution in [-0.2, 0) is 14.8 Å². The van der Waals surface area contributed by atoms with E-state index in [4.69, 9.17) is 9.47 Å². The highest BCUT2D eigenvalue weighted by atomic mass is 32.2. The molecule has 1 saturated heterocycles. The van der Waals surface area contributed by atoms with Crippen LogP contribution in [0.5, 0.6) is 11.6 Å². The Bertz CT molecular complexity index is 1310. The first kappa shape index (κ1) is 21.7. The van der Waals surface area contributed by atoms with Crippen LogP contribution in [-0.4, -0.2) is 36.8 Å². The Morgan fingerprint density at radius 1 is 1.12 bits per heavy atom. The number of rotatable bonds is 6. The van der Waals surface area contributed by atoms with Gasteiger partial charge in [-0.15, -0.1) is 0 Å². The molecule has 0 radical (unpaired) electrons. The number of hydrogen-bond donors (Lipinski definition) is 1. The first-order valence-corrected chi connectivity index (χ1v) is 11.5. The molecule has 0 amide bonds. The molecule has 0 bridgehead atoms. The third-order valence-electron chi connectivity index (χ3n) is 5.13. The molecule has 0 spiro atoms. The first-order valence-electron chi connectivity index (χ1n) is 9.98. The summed E-state index contributed by atoms with van der Waals surface area (Å²) in [4.78, 5) is 8.65. The second kappa shape index (κ2) is 8.57. The van der Waals surface area contributed by atoms with Crippen molar-refractivity contribution in [2.45, 2.75) is 26.0 Å². The van der Waals surface area contributed by atoms with Crippen molar-refractivity contribution in [1.29, 1.82) is 5.26 Å². The topological polar surface area (TPSA) is 114 Å². The van der Waals surface area contributed by atoms with E-state index in [0.29, 0.717) is 22.6 Å². The Morgan fingerprint density at radius 3 is 2.47 bits per heavy atom. The van der Waals surface area contributed by atoms with E-state index in [1.54, 1.807) is 24.4 Å². The van der Waals surface area contributed by atoms with Crippen LogP contribution < -0.4 is 9.46 Å². The van der Waals surface area contributed by atoms with E-state index >= 15 is 0 Å². The number of aryl methyl sites for hydroxylation is 3. The van der Waals surface area contributed by atoms with Crippen LogP contribution in [0.3, 0.4) is 0 Å². The van der Waals surface area contributed by atoms with E-state index in [1.165, 1.54) is 6.20 Å². The monoisotopic (exact) mass is 450 g/mol. The average molecular weight is 451 g/mol. The summed E-state index contributed by atoms with van der Waals surface area (Å²) in [5.41, 5.74) is 4.65. The van der Waals surface area contributed by atoms with Gasteiger partial charge < -0.3 is 9.47 Å². The maximum absolute atomic E-state index is 12.7. The molecule has 0 aliphatic carbocycles. The van der Waals surface area contributed by atoms with Gasteiger partial charge in [0.15, 0.2) is 0 Å². The molecule has 32 heavy (non-hydrogen) atoms. The molecule has 1 N–H and O–H groups in total. The number of nitrogens with zero attached hydrogens (tertiary/aromatic N) is 3. The van der Waals surface area contributed by atoms with Crippen LogP contribution in [0.25, 0.3) is 11.3 Å². The van der Waals surface area contributed by atoms with Crippen LogP contribution in [0.2, 0.25) is 0 Å². The van der Waals surface area contributed by atoms with E-state index in [1.807, 2.05) is 32.9 Å². The third kappa shape index (κ3) is 4.42. The molecule has 0 atom stereocenters. The minimum atomic E-state index is -3.66. The normalized spacial score (nSPS) is 13.8. The Labute approximate surface area is 186 Å². The summed E-state index contributed by atoms with van der Waals surface area (Å²) in [6.07, 6.45) is 3.05. The molecule has 2 aromatic heterocycles. The number of nitriles is 1. The van der Waals surface area contributed by atoms with E-state index < -0.39 is 15.3 Å². The van der Waals surface area contributed by atoms with Crippen molar-refractivity contribution in [3.8, 4) is 29.0 Å². The standard InChI is InChI=1S/C23H22N4O4S/c1-14-6-15(2)22(16(3)7-14)31-23-21(27-32(28,29)19-12-30-13-19)5-4-20(26-23)18-8-17(9-24)10-25-11-18/h4-8,10-11,19,27H,12-13H2,1-3H3. The van der Waals surface area contributed by atoms with Crippen LogP contribution in [0, 0.1) is 32.1 Å². The second-order valence-electron chi connectivity index (χ2n) is 7.76. The molecule has 0 saturated carbocycles. The largest absolute Gasteiger partial charge is 0.436 e. The molecule has 9 heteroatoms. The zero-order valence-electron chi connectivity index (χ0n) is 17.9. The minimum Gasteiger partial charge on any atom is -0.436 e. The lowest BCUT2D eigenvalue weighted by atomic mass is 10.1. The van der Waals surface area contributed by atoms with Crippen molar-refractivity contribution < 1.29 is 17.9 Å². The van der Waals surface area contributed by atoms with Gasteiger partial charge in [-0.25, -0.2) is 13.4 Å². The molecule has 1 aromatic carbocycles. The molecular formula is C23H22N4O4S. The van der Waals surface area contributed by atoms with Crippen molar-refractivity contribution in [1.82, 2.24) is 9.97 Å². The fourth-order valence-electron chi connectivity index (χ4n) is 3.45. The molecular weight excluding hydrogens is 428 g/mol. The van der Waals surface area contributed by atoms with Gasteiger partial charge in [0.2, 0.25) is 15.9 Å². The molecule has 8 nitrogen and oxygen atoms in total. The molecule has 0 unspecified atom stereocenters. The van der Waals surface area contributed by atoms with Gasteiger partial charge in [0, 0.05) is 18.0 Å². The highest BCUT2D eigenvalue weighted by Crippen LogP contribution is 2.35. The highest BCUT2D eigenvalue weighted by molar-refractivity contribution is 7.93. The predicted octanol–water partition coefficient (Wildman–Crippen LogP) is 3.87. The van der Waals surface area contributed by atoms with E-state index in [2.05, 4.69) is 20.8 Å². The van der Waals surface area contributed by atoms with E-state index in [9.17, 15) is 13.7 Å². The van der Waals surface area contributed by atoms with Crippen molar-refractivity contribution in [2.24, 2.45) is 0 Å². The number of aromatic nitrogens is 2. The van der Waals surface area contributed by atoms with Gasteiger partial charge in [0.25, 0.3) is 0 Å². The minimum absolute atomic E-state index is 0.115. The predicted molar refractivity (Wildman–Crippen MR) is 120 cm³/mol. The van der Waals surface area contributed by atoms with Crippen LogP contribution in [0.15, 0.2) is 42.7 Å². The van der Waals surface area contributed by atoms with E-state index in [-0.39, 0.29) is 24.8 Å². The van der Waals surface area contributed by atoms with Gasteiger partial charge in [-0.3, -0.25) is 9.71 Å². The summed E-state index contributed by atoms with van der Waals surface area (Å²) in [7, 11) is -3.66. The Kier molecular flexibility index (Phi) is 5.82. The summed E-state index contributed by atoms with van der Waals surface area (Å²) in [5.74, 6) is 0.723. The number of hydrogen-bond acceptors (Lipinski definition) is 7. The summed E-state index contributed by atoms with van der Waals surface area (Å²) in [6.45, 7) is 6.15. The molecule has 1 aliphatic rings. The molecule has 1 aliphatic heterocycles. The number of ether oxygens (including phenoxy) is 2. The number of benzene rings is 1. The molecule has 3 heterocycles. The lowest BCUT2D eigenvalue weighted by Gasteiger charge is -2.26. The van der Waals surface area contributed by atoms with E-state index in [0.717, 1.165) is 16.7 Å². The van der Waals surface area contributed by atoms with Crippen LogP contribution in [0.4, 0.5) is 5.69 Å². The fourth-order valence-corrected chi connectivity index (χ4v) is 4.63. The molecule has 1 fully saturated rings. The zero-order chi connectivity index (χ0) is 22.9. The lowest BCUT2D eigenvalue weighted by molar-refractivity contribution is 0.0418. The lowest BCUT2D eigenvalue weighted by Crippen LogP contribution is -2.43. The summed E-state index contributed by atoms with van der Waals surface area (Å²) >= 11 is 0. The van der Waals surface area contributed by atoms with Gasteiger partial charge >= 0.3 is 0 Å². The summed E-state index contributed by atoms with van der Waals surface area (Å²) in [5, 5.41) is 8.56. The highest BCUT2D eigenvalue weighted by Gasteiger charge is 2.33. The van der Waals surface area contributed by atoms with Crippen molar-refractivity contribution >= 4 is 15.7 Å². The van der Waals surface area contributed by atoms with Crippen LogP contribution >= 0.6 is 0 Å². The Balaban J connectivity index is 1.78. The number of nitrogens with one attached hydrogen (secondary N) is 1. The molecule has 164 valence electrons. The van der Waals surface area contributed by atoms with Crippen LogP contribution in [0.1, 0.15) is 22.3 Å². The number of anilines is 1. The Morgan fingerprint density at radius 2 is 1.84 bits per heavy atom. The van der Waals surface area contributed by atoms with Crippen molar-refractivity contribution in [2.75, 3.05) is 17.9 Å². The zero-order valence-corrected chi connectivity index (χ0v) is 18.7. The summed E-state index contributed by atoms with van der Waals surface area (Å²) in [6, 6.07) is 11.0. The fraction of sp³-hybridized carbons (Fsp3) is 0.261. The maximum atomic E-state index is 12.7. The SMILES string of the molecule is Cc1cc(C)c(Oc2nc(-c3cncc(C#N)c3)ccc2NS(=O)(=O)C2COC2)c(C)c1. The first-order chi connectivity index (χ1) is 15.3. The van der Waals surface area contributed by atoms with Gasteiger partial charge in [-0.2, -0.15) is 5.26 Å². The average Bonchev–Trinajstić information content (AvgIpc) is 2.69.